The Morgan fingerprint density at radius 3 is 2.46 bits per heavy atom. The molecule has 0 aromatic heterocycles. The van der Waals surface area contributed by atoms with Gasteiger partial charge in [0.15, 0.2) is 0 Å². The minimum atomic E-state index is -4.00. The molecule has 2 aliphatic rings. The van der Waals surface area contributed by atoms with E-state index in [0.29, 0.717) is 60.9 Å². The van der Waals surface area contributed by atoms with Crippen molar-refractivity contribution in [3.63, 3.8) is 0 Å². The average Bonchev–Trinajstić information content (AvgIpc) is 2.98. The van der Waals surface area contributed by atoms with Crippen LogP contribution in [0.4, 0.5) is 11.4 Å². The van der Waals surface area contributed by atoms with Gasteiger partial charge in [-0.2, -0.15) is 0 Å². The van der Waals surface area contributed by atoms with Crippen LogP contribution in [0.2, 0.25) is 5.02 Å². The predicted octanol–water partition coefficient (Wildman–Crippen LogP) is 5.73. The van der Waals surface area contributed by atoms with Gasteiger partial charge in [0.05, 0.1) is 18.2 Å². The first kappa shape index (κ1) is 29.1. The summed E-state index contributed by atoms with van der Waals surface area (Å²) < 4.78 is 36.2. The number of nitrogens with zero attached hydrogens (tertiary/aromatic N) is 1. The molecule has 5 rings (SSSR count). The van der Waals surface area contributed by atoms with Gasteiger partial charge in [-0.05, 0) is 92.6 Å². The summed E-state index contributed by atoms with van der Waals surface area (Å²) >= 11 is 5.96. The molecule has 1 unspecified atom stereocenters. The minimum absolute atomic E-state index is 0.0871. The van der Waals surface area contributed by atoms with E-state index in [1.54, 1.807) is 43.3 Å². The maximum Gasteiger partial charge on any atom is 0.309 e. The fourth-order valence-corrected chi connectivity index (χ4v) is 7.24. The van der Waals surface area contributed by atoms with Crippen LogP contribution in [0.1, 0.15) is 60.1 Å². The van der Waals surface area contributed by atoms with Crippen molar-refractivity contribution in [2.75, 3.05) is 29.9 Å². The number of hydrogen-bond acceptors (Lipinski definition) is 6. The van der Waals surface area contributed by atoms with E-state index >= 15 is 0 Å². The molecule has 0 bridgehead atoms. The van der Waals surface area contributed by atoms with Gasteiger partial charge >= 0.3 is 5.97 Å². The number of anilines is 2. The first-order chi connectivity index (χ1) is 19.7. The molecule has 1 saturated heterocycles. The van der Waals surface area contributed by atoms with Crippen molar-refractivity contribution < 1.29 is 22.7 Å². The number of carbonyl (C=O) groups excluding carboxylic acids is 2. The highest BCUT2D eigenvalue weighted by molar-refractivity contribution is 7.89. The number of aryl methyl sites for hydroxylation is 1. The van der Waals surface area contributed by atoms with E-state index in [9.17, 15) is 18.0 Å². The van der Waals surface area contributed by atoms with Crippen LogP contribution in [0, 0.1) is 5.92 Å². The standard InChI is InChI=1S/C31H34ClN3O5S/c1-2-40-31(37)23-16-18-35(19-17-23)28-15-14-25(33-30(36)22-10-12-24(32)13-11-22)20-29(28)41(38,39)34-27-9-5-7-21-6-3-4-8-26(21)27/h3-4,6,8,10-15,20,23,27,34H,2,5,7,9,16-19H2,1H3,(H,33,36). The molecule has 1 aliphatic heterocycles. The number of carbonyl (C=O) groups is 2. The summed E-state index contributed by atoms with van der Waals surface area (Å²) in [6, 6.07) is 19.0. The molecule has 41 heavy (non-hydrogen) atoms. The lowest BCUT2D eigenvalue weighted by atomic mass is 9.88. The number of nitrogens with one attached hydrogen (secondary N) is 2. The van der Waals surface area contributed by atoms with E-state index in [4.69, 9.17) is 16.3 Å². The van der Waals surface area contributed by atoms with E-state index in [-0.39, 0.29) is 28.7 Å². The first-order valence-corrected chi connectivity index (χ1v) is 15.8. The van der Waals surface area contributed by atoms with E-state index in [1.165, 1.54) is 6.07 Å². The molecule has 0 saturated carbocycles. The van der Waals surface area contributed by atoms with Gasteiger partial charge in [-0.1, -0.05) is 35.9 Å². The molecule has 0 spiro atoms. The van der Waals surface area contributed by atoms with Crippen molar-refractivity contribution >= 4 is 44.9 Å². The third-order valence-electron chi connectivity index (χ3n) is 7.74. The number of rotatable bonds is 8. The summed E-state index contributed by atoms with van der Waals surface area (Å²) in [7, 11) is -4.00. The van der Waals surface area contributed by atoms with Gasteiger partial charge in [0.25, 0.3) is 5.91 Å². The SMILES string of the molecule is CCOC(=O)C1CCN(c2ccc(NC(=O)c3ccc(Cl)cc3)cc2S(=O)(=O)NC2CCCc3ccccc32)CC1. The van der Waals surface area contributed by atoms with Crippen molar-refractivity contribution in [2.24, 2.45) is 5.92 Å². The van der Waals surface area contributed by atoms with Gasteiger partial charge in [-0.15, -0.1) is 0 Å². The van der Waals surface area contributed by atoms with E-state index in [2.05, 4.69) is 10.0 Å². The molecule has 1 aliphatic carbocycles. The average molecular weight is 596 g/mol. The smallest absolute Gasteiger partial charge is 0.309 e. The number of piperidine rings is 1. The van der Waals surface area contributed by atoms with Crippen LogP contribution in [-0.2, 0) is 26.0 Å². The molecule has 1 atom stereocenters. The highest BCUT2D eigenvalue weighted by Crippen LogP contribution is 2.35. The van der Waals surface area contributed by atoms with Crippen molar-refractivity contribution in [3.05, 3.63) is 88.4 Å². The highest BCUT2D eigenvalue weighted by atomic mass is 35.5. The topological polar surface area (TPSA) is 105 Å². The number of ether oxygens (including phenoxy) is 1. The number of halogens is 1. The third kappa shape index (κ3) is 6.74. The second kappa shape index (κ2) is 12.6. The van der Waals surface area contributed by atoms with E-state index in [0.717, 1.165) is 24.0 Å². The predicted molar refractivity (Wildman–Crippen MR) is 160 cm³/mol. The zero-order chi connectivity index (χ0) is 29.0. The molecule has 1 amide bonds. The Morgan fingerprint density at radius 2 is 1.73 bits per heavy atom. The fourth-order valence-electron chi connectivity index (χ4n) is 5.62. The normalized spacial score (nSPS) is 17.5. The molecular formula is C31H34ClN3O5S. The largest absolute Gasteiger partial charge is 0.466 e. The Labute approximate surface area is 246 Å². The van der Waals surface area contributed by atoms with Crippen molar-refractivity contribution in [1.29, 1.82) is 0 Å². The zero-order valence-electron chi connectivity index (χ0n) is 22.9. The molecule has 216 valence electrons. The van der Waals surface area contributed by atoms with Gasteiger partial charge < -0.3 is 15.0 Å². The van der Waals surface area contributed by atoms with E-state index in [1.807, 2.05) is 29.2 Å². The Morgan fingerprint density at radius 1 is 1.00 bits per heavy atom. The van der Waals surface area contributed by atoms with Gasteiger partial charge in [0.2, 0.25) is 10.0 Å². The maximum atomic E-state index is 14.0. The molecule has 1 fully saturated rings. The molecule has 3 aromatic carbocycles. The lowest BCUT2D eigenvalue weighted by molar-refractivity contribution is -0.148. The zero-order valence-corrected chi connectivity index (χ0v) is 24.5. The second-order valence-electron chi connectivity index (χ2n) is 10.4. The Hall–Kier alpha value is -3.40. The monoisotopic (exact) mass is 595 g/mol. The number of esters is 1. The molecule has 3 aromatic rings. The lowest BCUT2D eigenvalue weighted by Crippen LogP contribution is -2.38. The van der Waals surface area contributed by atoms with Crippen LogP contribution in [0.15, 0.2) is 71.6 Å². The van der Waals surface area contributed by atoms with Gasteiger partial charge in [0.1, 0.15) is 4.90 Å². The van der Waals surface area contributed by atoms with Crippen LogP contribution in [0.5, 0.6) is 0 Å². The number of fused-ring (bicyclic) bond motifs is 1. The summed E-state index contributed by atoms with van der Waals surface area (Å²) in [5.74, 6) is -0.791. The maximum absolute atomic E-state index is 14.0. The highest BCUT2D eigenvalue weighted by Gasteiger charge is 2.32. The quantitative estimate of drug-likeness (QED) is 0.322. The van der Waals surface area contributed by atoms with E-state index < -0.39 is 10.0 Å². The molecule has 8 nitrogen and oxygen atoms in total. The van der Waals surface area contributed by atoms with Crippen molar-refractivity contribution in [2.45, 2.75) is 50.0 Å². The van der Waals surface area contributed by atoms with Crippen molar-refractivity contribution in [1.82, 2.24) is 4.72 Å². The summed E-state index contributed by atoms with van der Waals surface area (Å²) in [5.41, 5.74) is 3.44. The molecular weight excluding hydrogens is 562 g/mol. The number of amides is 1. The van der Waals surface area contributed by atoms with Crippen LogP contribution >= 0.6 is 11.6 Å². The lowest BCUT2D eigenvalue weighted by Gasteiger charge is -2.34. The second-order valence-corrected chi connectivity index (χ2v) is 12.5. The van der Waals surface area contributed by atoms with Crippen LogP contribution < -0.4 is 14.9 Å². The van der Waals surface area contributed by atoms with Gasteiger partial charge in [0, 0.05) is 35.4 Å². The van der Waals surface area contributed by atoms with Crippen LogP contribution in [0.3, 0.4) is 0 Å². The summed E-state index contributed by atoms with van der Waals surface area (Å²) in [4.78, 5) is 27.3. The first-order valence-electron chi connectivity index (χ1n) is 14.0. The van der Waals surface area contributed by atoms with Gasteiger partial charge in [-0.3, -0.25) is 9.59 Å². The Balaban J connectivity index is 1.44. The third-order valence-corrected chi connectivity index (χ3v) is 9.49. The summed E-state index contributed by atoms with van der Waals surface area (Å²) in [6.07, 6.45) is 3.63. The molecule has 10 heteroatoms. The molecule has 0 radical (unpaired) electrons. The summed E-state index contributed by atoms with van der Waals surface area (Å²) in [6.45, 7) is 3.14. The number of sulfonamides is 1. The minimum Gasteiger partial charge on any atom is -0.466 e. The molecule has 1 heterocycles. The number of hydrogen-bond donors (Lipinski definition) is 2. The van der Waals surface area contributed by atoms with Crippen molar-refractivity contribution in [3.8, 4) is 0 Å². The fraction of sp³-hybridized carbons (Fsp3) is 0.355. The van der Waals surface area contributed by atoms with Crippen LogP contribution in [0.25, 0.3) is 0 Å². The van der Waals surface area contributed by atoms with Crippen LogP contribution in [-0.4, -0.2) is 40.0 Å². The number of benzene rings is 3. The summed E-state index contributed by atoms with van der Waals surface area (Å²) in [5, 5.41) is 3.34. The molecule has 2 N–H and O–H groups in total. The Kier molecular flexibility index (Phi) is 8.97. The Bertz CT molecular complexity index is 1520. The van der Waals surface area contributed by atoms with Gasteiger partial charge in [-0.25, -0.2) is 13.1 Å².